The van der Waals surface area contributed by atoms with Crippen LogP contribution in [-0.2, 0) is 23.9 Å². The summed E-state index contributed by atoms with van der Waals surface area (Å²) in [6.07, 6.45) is -0.692. The number of benzene rings is 1. The summed E-state index contributed by atoms with van der Waals surface area (Å²) < 4.78 is 10.1. The molecular weight excluding hydrogens is 426 g/mol. The van der Waals surface area contributed by atoms with Crippen LogP contribution >= 0.6 is 0 Å². The first kappa shape index (κ1) is 27.9. The van der Waals surface area contributed by atoms with Crippen LogP contribution in [0, 0.1) is 6.92 Å². The first-order valence-electron chi connectivity index (χ1n) is 11.2. The van der Waals surface area contributed by atoms with Gasteiger partial charge in [0.2, 0.25) is 11.8 Å². The fourth-order valence-electron chi connectivity index (χ4n) is 3.22. The molecule has 9 heteroatoms. The summed E-state index contributed by atoms with van der Waals surface area (Å²) in [6, 6.07) is 5.43. The minimum atomic E-state index is -0.936. The van der Waals surface area contributed by atoms with E-state index in [-0.39, 0.29) is 26.1 Å². The Morgan fingerprint density at radius 3 is 2.27 bits per heavy atom. The SMILES string of the molecule is CCOC(=O)CCNC(=O)C(c1ccccc1C)N(CC)C(=O)C(C)NC(=O)OC(C)(C)C. The van der Waals surface area contributed by atoms with Gasteiger partial charge in [0.15, 0.2) is 0 Å². The molecule has 0 aromatic heterocycles. The molecule has 0 bridgehead atoms. The van der Waals surface area contributed by atoms with Gasteiger partial charge >= 0.3 is 12.1 Å². The first-order valence-corrected chi connectivity index (χ1v) is 11.2. The number of carbonyl (C=O) groups is 4. The zero-order valence-electron chi connectivity index (χ0n) is 20.7. The molecule has 0 heterocycles. The number of esters is 1. The highest BCUT2D eigenvalue weighted by Gasteiger charge is 2.34. The number of hydrogen-bond acceptors (Lipinski definition) is 6. The number of likely N-dealkylation sites (N-methyl/N-ethyl adjacent to an activating group) is 1. The number of nitrogens with zero attached hydrogens (tertiary/aromatic N) is 1. The van der Waals surface area contributed by atoms with Crippen molar-refractivity contribution in [1.82, 2.24) is 15.5 Å². The van der Waals surface area contributed by atoms with Crippen molar-refractivity contribution >= 4 is 23.9 Å². The van der Waals surface area contributed by atoms with Gasteiger partial charge in [0.1, 0.15) is 17.7 Å². The molecule has 0 saturated carbocycles. The zero-order valence-corrected chi connectivity index (χ0v) is 20.7. The molecule has 1 rings (SSSR count). The average molecular weight is 464 g/mol. The lowest BCUT2D eigenvalue weighted by molar-refractivity contribution is -0.144. The van der Waals surface area contributed by atoms with Gasteiger partial charge in [-0.3, -0.25) is 14.4 Å². The van der Waals surface area contributed by atoms with Crippen molar-refractivity contribution in [2.24, 2.45) is 0 Å². The van der Waals surface area contributed by atoms with Crippen LogP contribution in [-0.4, -0.2) is 60.1 Å². The van der Waals surface area contributed by atoms with Crippen molar-refractivity contribution in [2.75, 3.05) is 19.7 Å². The van der Waals surface area contributed by atoms with Crippen molar-refractivity contribution in [3.63, 3.8) is 0 Å². The van der Waals surface area contributed by atoms with Crippen molar-refractivity contribution in [2.45, 2.75) is 72.6 Å². The Balaban J connectivity index is 3.10. The lowest BCUT2D eigenvalue weighted by Crippen LogP contribution is -2.52. The number of ether oxygens (including phenoxy) is 2. The Kier molecular flexibility index (Phi) is 10.8. The highest BCUT2D eigenvalue weighted by atomic mass is 16.6. The van der Waals surface area contributed by atoms with Gasteiger partial charge in [-0.15, -0.1) is 0 Å². The Hall–Kier alpha value is -3.10. The molecule has 0 spiro atoms. The highest BCUT2D eigenvalue weighted by molar-refractivity contribution is 5.92. The predicted molar refractivity (Wildman–Crippen MR) is 124 cm³/mol. The van der Waals surface area contributed by atoms with Crippen LogP contribution in [0.15, 0.2) is 24.3 Å². The summed E-state index contributed by atoms with van der Waals surface area (Å²) in [4.78, 5) is 51.6. The van der Waals surface area contributed by atoms with Crippen molar-refractivity contribution in [1.29, 1.82) is 0 Å². The van der Waals surface area contributed by atoms with E-state index in [2.05, 4.69) is 10.6 Å². The molecule has 0 aliphatic heterocycles. The third-order valence-electron chi connectivity index (χ3n) is 4.70. The number of alkyl carbamates (subject to hydrolysis) is 1. The highest BCUT2D eigenvalue weighted by Crippen LogP contribution is 2.25. The normalized spacial score (nSPS) is 12.8. The summed E-state index contributed by atoms with van der Waals surface area (Å²) >= 11 is 0. The van der Waals surface area contributed by atoms with Gasteiger partial charge in [0, 0.05) is 13.1 Å². The maximum atomic E-state index is 13.3. The number of amides is 3. The topological polar surface area (TPSA) is 114 Å². The summed E-state index contributed by atoms with van der Waals surface area (Å²) in [7, 11) is 0. The molecular formula is C24H37N3O6. The fraction of sp³-hybridized carbons (Fsp3) is 0.583. The van der Waals surface area contributed by atoms with Crippen LogP contribution in [0.1, 0.15) is 65.1 Å². The van der Waals surface area contributed by atoms with Gasteiger partial charge in [-0.2, -0.15) is 0 Å². The largest absolute Gasteiger partial charge is 0.466 e. The molecule has 0 saturated heterocycles. The summed E-state index contributed by atoms with van der Waals surface area (Å²) in [5, 5.41) is 5.27. The second kappa shape index (κ2) is 12.8. The molecule has 2 unspecified atom stereocenters. The van der Waals surface area contributed by atoms with Crippen LogP contribution in [0.5, 0.6) is 0 Å². The molecule has 1 aromatic rings. The summed E-state index contributed by atoms with van der Waals surface area (Å²) in [5.41, 5.74) is 0.785. The number of carbonyl (C=O) groups excluding carboxylic acids is 4. The monoisotopic (exact) mass is 463 g/mol. The number of rotatable bonds is 10. The molecule has 0 aliphatic rings. The lowest BCUT2D eigenvalue weighted by atomic mass is 9.98. The molecule has 184 valence electrons. The van der Waals surface area contributed by atoms with E-state index in [9.17, 15) is 19.2 Å². The van der Waals surface area contributed by atoms with E-state index in [4.69, 9.17) is 9.47 Å². The molecule has 3 amide bonds. The quantitative estimate of drug-likeness (QED) is 0.516. The smallest absolute Gasteiger partial charge is 0.408 e. The Morgan fingerprint density at radius 2 is 1.73 bits per heavy atom. The van der Waals surface area contributed by atoms with Gasteiger partial charge < -0.3 is 25.0 Å². The van der Waals surface area contributed by atoms with E-state index in [0.29, 0.717) is 5.56 Å². The maximum absolute atomic E-state index is 13.3. The van der Waals surface area contributed by atoms with Crippen LogP contribution in [0.4, 0.5) is 4.79 Å². The van der Waals surface area contributed by atoms with Crippen molar-refractivity contribution < 1.29 is 28.7 Å². The minimum absolute atomic E-state index is 0.0245. The van der Waals surface area contributed by atoms with Gasteiger partial charge in [-0.05, 0) is 59.6 Å². The zero-order chi connectivity index (χ0) is 25.2. The summed E-state index contributed by atoms with van der Waals surface area (Å²) in [5.74, 6) is -1.27. The molecule has 2 N–H and O–H groups in total. The Labute approximate surface area is 196 Å². The second-order valence-electron chi connectivity index (χ2n) is 8.60. The Bertz CT molecular complexity index is 834. The molecule has 2 atom stereocenters. The first-order chi connectivity index (χ1) is 15.4. The number of nitrogens with one attached hydrogen (secondary N) is 2. The van der Waals surface area contributed by atoms with Crippen LogP contribution in [0.3, 0.4) is 0 Å². The third kappa shape index (κ3) is 9.11. The van der Waals surface area contributed by atoms with Gasteiger partial charge in [-0.25, -0.2) is 4.79 Å². The number of hydrogen-bond donors (Lipinski definition) is 2. The minimum Gasteiger partial charge on any atom is -0.466 e. The van der Waals surface area contributed by atoms with Crippen LogP contribution in [0.25, 0.3) is 0 Å². The van der Waals surface area contributed by atoms with Gasteiger partial charge in [0.25, 0.3) is 0 Å². The van der Waals surface area contributed by atoms with E-state index in [0.717, 1.165) is 5.56 Å². The van der Waals surface area contributed by atoms with E-state index < -0.39 is 41.6 Å². The number of aryl methyl sites for hydroxylation is 1. The van der Waals surface area contributed by atoms with E-state index in [1.165, 1.54) is 4.90 Å². The second-order valence-corrected chi connectivity index (χ2v) is 8.60. The molecule has 33 heavy (non-hydrogen) atoms. The fourth-order valence-corrected chi connectivity index (χ4v) is 3.22. The van der Waals surface area contributed by atoms with E-state index in [1.807, 2.05) is 19.1 Å². The molecule has 0 aliphatic carbocycles. The standard InChI is InChI=1S/C24H37N3O6/c1-8-27(22(30)17(4)26-23(31)33-24(5,6)7)20(18-13-11-10-12-16(18)3)21(29)25-15-14-19(28)32-9-2/h10-13,17,20H,8-9,14-15H2,1-7H3,(H,25,29)(H,26,31). The molecule has 1 aromatic carbocycles. The average Bonchev–Trinajstić information content (AvgIpc) is 2.70. The van der Waals surface area contributed by atoms with E-state index >= 15 is 0 Å². The summed E-state index contributed by atoms with van der Waals surface area (Å²) in [6.45, 7) is 12.6. The maximum Gasteiger partial charge on any atom is 0.408 e. The molecule has 9 nitrogen and oxygen atoms in total. The van der Waals surface area contributed by atoms with Gasteiger partial charge in [0.05, 0.1) is 13.0 Å². The van der Waals surface area contributed by atoms with E-state index in [1.54, 1.807) is 53.7 Å². The van der Waals surface area contributed by atoms with Gasteiger partial charge in [-0.1, -0.05) is 24.3 Å². The lowest BCUT2D eigenvalue weighted by Gasteiger charge is -2.33. The van der Waals surface area contributed by atoms with Crippen molar-refractivity contribution in [3.05, 3.63) is 35.4 Å². The molecule has 0 fully saturated rings. The van der Waals surface area contributed by atoms with Crippen molar-refractivity contribution in [3.8, 4) is 0 Å². The van der Waals surface area contributed by atoms with Crippen LogP contribution in [0.2, 0.25) is 0 Å². The molecule has 0 radical (unpaired) electrons. The Morgan fingerprint density at radius 1 is 1.09 bits per heavy atom. The third-order valence-corrected chi connectivity index (χ3v) is 4.70. The predicted octanol–water partition coefficient (Wildman–Crippen LogP) is 2.87. The van der Waals surface area contributed by atoms with Crippen LogP contribution < -0.4 is 10.6 Å².